The predicted octanol–water partition coefficient (Wildman–Crippen LogP) is 0.829. The van der Waals surface area contributed by atoms with Gasteiger partial charge in [-0.3, -0.25) is 0 Å². The van der Waals surface area contributed by atoms with Gasteiger partial charge in [-0.1, -0.05) is 0 Å². The Bertz CT molecular complexity index is 579. The summed E-state index contributed by atoms with van der Waals surface area (Å²) in [6.45, 7) is 2.12. The molecule has 0 saturated carbocycles. The summed E-state index contributed by atoms with van der Waals surface area (Å²) in [6.07, 6.45) is 4.85. The van der Waals surface area contributed by atoms with Crippen LogP contribution < -0.4 is 5.32 Å². The number of hydrogen-bond acceptors (Lipinski definition) is 5. The summed E-state index contributed by atoms with van der Waals surface area (Å²) in [7, 11) is 1.89. The van der Waals surface area contributed by atoms with E-state index in [4.69, 9.17) is 5.11 Å². The van der Waals surface area contributed by atoms with Gasteiger partial charge in [-0.2, -0.15) is 0 Å². The van der Waals surface area contributed by atoms with Crippen LogP contribution in [0.4, 0.5) is 5.95 Å². The normalized spacial score (nSPS) is 10.3. The van der Waals surface area contributed by atoms with Gasteiger partial charge in [0.15, 0.2) is 0 Å². The molecule has 0 fully saturated rings. The first-order valence-corrected chi connectivity index (χ1v) is 5.35. The molecule has 0 saturated heterocycles. The molecule has 0 radical (unpaired) electrons. The van der Waals surface area contributed by atoms with Crippen LogP contribution >= 0.6 is 0 Å². The minimum Gasteiger partial charge on any atom is -0.478 e. The maximum atomic E-state index is 10.8. The number of rotatable bonds is 4. The first-order chi connectivity index (χ1) is 8.58. The van der Waals surface area contributed by atoms with Crippen molar-refractivity contribution in [1.82, 2.24) is 19.5 Å². The summed E-state index contributed by atoms with van der Waals surface area (Å²) >= 11 is 0. The van der Waals surface area contributed by atoms with E-state index in [-0.39, 0.29) is 5.56 Å². The van der Waals surface area contributed by atoms with Gasteiger partial charge in [0.1, 0.15) is 5.82 Å². The highest BCUT2D eigenvalue weighted by Gasteiger charge is 2.10. The van der Waals surface area contributed by atoms with Crippen LogP contribution in [0.25, 0.3) is 0 Å². The lowest BCUT2D eigenvalue weighted by molar-refractivity contribution is 0.0695. The highest BCUT2D eigenvalue weighted by atomic mass is 16.4. The standard InChI is InChI=1S/C11H13N5O2/c1-7-8(10(17)18)5-13-11(15-7)14-6-9-12-3-4-16(9)2/h3-5H,6H2,1-2H3,(H,17,18)(H,13,14,15). The number of carboxylic acids is 1. The van der Waals surface area contributed by atoms with Crippen molar-refractivity contribution in [2.24, 2.45) is 7.05 Å². The fourth-order valence-corrected chi connectivity index (χ4v) is 1.49. The molecule has 0 amide bonds. The molecule has 2 aromatic rings. The van der Waals surface area contributed by atoms with E-state index >= 15 is 0 Å². The zero-order valence-electron chi connectivity index (χ0n) is 10.1. The van der Waals surface area contributed by atoms with E-state index in [0.29, 0.717) is 18.2 Å². The molecule has 0 atom stereocenters. The van der Waals surface area contributed by atoms with Crippen molar-refractivity contribution in [3.8, 4) is 0 Å². The van der Waals surface area contributed by atoms with Gasteiger partial charge < -0.3 is 15.0 Å². The van der Waals surface area contributed by atoms with Crippen LogP contribution in [0.2, 0.25) is 0 Å². The minimum atomic E-state index is -1.02. The Labute approximate surface area is 104 Å². The second kappa shape index (κ2) is 4.82. The number of imidazole rings is 1. The molecule has 0 spiro atoms. The zero-order valence-corrected chi connectivity index (χ0v) is 10.1. The maximum Gasteiger partial charge on any atom is 0.339 e. The Morgan fingerprint density at radius 2 is 2.28 bits per heavy atom. The van der Waals surface area contributed by atoms with Crippen molar-refractivity contribution >= 4 is 11.9 Å². The van der Waals surface area contributed by atoms with Crippen LogP contribution in [0.1, 0.15) is 21.9 Å². The average Bonchev–Trinajstić information content (AvgIpc) is 2.72. The van der Waals surface area contributed by atoms with Gasteiger partial charge in [0.05, 0.1) is 17.8 Å². The fraction of sp³-hybridized carbons (Fsp3) is 0.273. The van der Waals surface area contributed by atoms with Gasteiger partial charge in [-0.25, -0.2) is 19.7 Å². The average molecular weight is 247 g/mol. The van der Waals surface area contributed by atoms with Gasteiger partial charge in [0.25, 0.3) is 0 Å². The van der Waals surface area contributed by atoms with Gasteiger partial charge in [0.2, 0.25) is 5.95 Å². The summed E-state index contributed by atoms with van der Waals surface area (Å²) in [5.41, 5.74) is 0.539. The molecule has 0 aliphatic rings. The molecule has 94 valence electrons. The van der Waals surface area contributed by atoms with Gasteiger partial charge in [-0.05, 0) is 6.92 Å². The maximum absolute atomic E-state index is 10.8. The van der Waals surface area contributed by atoms with E-state index in [1.807, 2.05) is 17.8 Å². The lowest BCUT2D eigenvalue weighted by Gasteiger charge is -2.06. The number of carboxylic acid groups (broad SMARTS) is 1. The van der Waals surface area contributed by atoms with Crippen molar-refractivity contribution in [2.45, 2.75) is 13.5 Å². The van der Waals surface area contributed by atoms with E-state index < -0.39 is 5.97 Å². The van der Waals surface area contributed by atoms with E-state index in [0.717, 1.165) is 5.82 Å². The van der Waals surface area contributed by atoms with Crippen LogP contribution in [0.15, 0.2) is 18.6 Å². The van der Waals surface area contributed by atoms with Crippen molar-refractivity contribution in [3.05, 3.63) is 35.7 Å². The Morgan fingerprint density at radius 3 is 2.83 bits per heavy atom. The molecule has 0 bridgehead atoms. The summed E-state index contributed by atoms with van der Waals surface area (Å²) in [4.78, 5) is 23.0. The summed E-state index contributed by atoms with van der Waals surface area (Å²) < 4.78 is 1.88. The van der Waals surface area contributed by atoms with Crippen LogP contribution in [0.5, 0.6) is 0 Å². The van der Waals surface area contributed by atoms with Crippen molar-refractivity contribution < 1.29 is 9.90 Å². The molecule has 0 aromatic carbocycles. The first kappa shape index (κ1) is 12.0. The number of nitrogens with zero attached hydrogens (tertiary/aromatic N) is 4. The van der Waals surface area contributed by atoms with E-state index in [9.17, 15) is 4.79 Å². The molecule has 0 aliphatic heterocycles. The van der Waals surface area contributed by atoms with Crippen LogP contribution in [-0.2, 0) is 13.6 Å². The predicted molar refractivity (Wildman–Crippen MR) is 64.3 cm³/mol. The quantitative estimate of drug-likeness (QED) is 0.831. The number of nitrogens with one attached hydrogen (secondary N) is 1. The van der Waals surface area contributed by atoms with Gasteiger partial charge in [0, 0.05) is 25.6 Å². The molecule has 7 nitrogen and oxygen atoms in total. The Balaban J connectivity index is 2.09. The third-order valence-electron chi connectivity index (χ3n) is 2.54. The Morgan fingerprint density at radius 1 is 1.50 bits per heavy atom. The van der Waals surface area contributed by atoms with E-state index in [1.165, 1.54) is 6.20 Å². The fourth-order valence-electron chi connectivity index (χ4n) is 1.49. The SMILES string of the molecule is Cc1nc(NCc2nccn2C)ncc1C(=O)O. The van der Waals surface area contributed by atoms with E-state index in [1.54, 1.807) is 13.1 Å². The summed E-state index contributed by atoms with van der Waals surface area (Å²) in [5.74, 6) is 0.210. The molecule has 2 rings (SSSR count). The highest BCUT2D eigenvalue weighted by Crippen LogP contribution is 2.07. The van der Waals surface area contributed by atoms with Gasteiger partial charge in [-0.15, -0.1) is 0 Å². The second-order valence-electron chi connectivity index (χ2n) is 3.81. The summed E-state index contributed by atoms with van der Waals surface area (Å²) in [6, 6.07) is 0. The number of carbonyl (C=O) groups is 1. The lowest BCUT2D eigenvalue weighted by atomic mass is 10.2. The number of aromatic nitrogens is 4. The van der Waals surface area contributed by atoms with Crippen LogP contribution in [-0.4, -0.2) is 30.6 Å². The van der Waals surface area contributed by atoms with Crippen LogP contribution in [0.3, 0.4) is 0 Å². The van der Waals surface area contributed by atoms with E-state index in [2.05, 4.69) is 20.3 Å². The van der Waals surface area contributed by atoms with Gasteiger partial charge >= 0.3 is 5.97 Å². The second-order valence-corrected chi connectivity index (χ2v) is 3.81. The molecule has 2 heterocycles. The van der Waals surface area contributed by atoms with Crippen molar-refractivity contribution in [2.75, 3.05) is 5.32 Å². The Hall–Kier alpha value is -2.44. The topological polar surface area (TPSA) is 92.9 Å². The smallest absolute Gasteiger partial charge is 0.339 e. The monoisotopic (exact) mass is 247 g/mol. The lowest BCUT2D eigenvalue weighted by Crippen LogP contribution is -2.10. The van der Waals surface area contributed by atoms with Crippen molar-refractivity contribution in [3.63, 3.8) is 0 Å². The third-order valence-corrected chi connectivity index (χ3v) is 2.54. The number of aryl methyl sites for hydroxylation is 2. The third kappa shape index (κ3) is 2.45. The summed E-state index contributed by atoms with van der Waals surface area (Å²) in [5, 5.41) is 11.9. The largest absolute Gasteiger partial charge is 0.478 e. The molecule has 7 heteroatoms. The van der Waals surface area contributed by atoms with Crippen LogP contribution in [0, 0.1) is 6.92 Å². The molecule has 2 N–H and O–H groups in total. The molecule has 0 aliphatic carbocycles. The number of hydrogen-bond donors (Lipinski definition) is 2. The number of anilines is 1. The number of aromatic carboxylic acids is 1. The molecular formula is C11H13N5O2. The molecule has 18 heavy (non-hydrogen) atoms. The molecule has 0 unspecified atom stereocenters. The zero-order chi connectivity index (χ0) is 13.1. The Kier molecular flexibility index (Phi) is 3.22. The highest BCUT2D eigenvalue weighted by molar-refractivity contribution is 5.88. The first-order valence-electron chi connectivity index (χ1n) is 5.35. The molecular weight excluding hydrogens is 234 g/mol. The minimum absolute atomic E-state index is 0.109. The molecule has 2 aromatic heterocycles. The van der Waals surface area contributed by atoms with Crippen molar-refractivity contribution in [1.29, 1.82) is 0 Å².